The van der Waals surface area contributed by atoms with Crippen LogP contribution in [-0.4, -0.2) is 9.97 Å². The first-order valence-corrected chi connectivity index (χ1v) is 5.86. The van der Waals surface area contributed by atoms with Crippen LogP contribution in [0.1, 0.15) is 32.3 Å². The number of nitrogens with one attached hydrogen (secondary N) is 1. The van der Waals surface area contributed by atoms with Gasteiger partial charge in [-0.2, -0.15) is 0 Å². The van der Waals surface area contributed by atoms with E-state index in [0.717, 1.165) is 17.9 Å². The maximum atomic E-state index is 4.49. The van der Waals surface area contributed by atoms with E-state index in [1.807, 2.05) is 13.1 Å². The maximum Gasteiger partial charge on any atom is 0.103 e. The zero-order chi connectivity index (χ0) is 11.8. The predicted octanol–water partition coefficient (Wildman–Crippen LogP) is 3.42. The van der Waals surface area contributed by atoms with Crippen LogP contribution in [0.15, 0.2) is 30.0 Å². The summed E-state index contributed by atoms with van der Waals surface area (Å²) in [5.41, 5.74) is 2.85. The second kappa shape index (κ2) is 3.93. The van der Waals surface area contributed by atoms with Crippen LogP contribution in [-0.2, 0) is 6.42 Å². The van der Waals surface area contributed by atoms with Crippen molar-refractivity contribution >= 4 is 0 Å². The standard InChI is InChI=1S/C14H20N2/c1-10-6-5-7-12(14(10,3)4)8-13-9-15-11(2)16-13/h5-7,9,12H,8H2,1-4H3,(H,15,16). The lowest BCUT2D eigenvalue weighted by Gasteiger charge is -2.35. The Labute approximate surface area is 97.5 Å². The Balaban J connectivity index is 2.17. The summed E-state index contributed by atoms with van der Waals surface area (Å²) >= 11 is 0. The van der Waals surface area contributed by atoms with Crippen molar-refractivity contribution in [3.8, 4) is 0 Å². The Morgan fingerprint density at radius 3 is 2.75 bits per heavy atom. The smallest absolute Gasteiger partial charge is 0.103 e. The lowest BCUT2D eigenvalue weighted by Crippen LogP contribution is -2.27. The summed E-state index contributed by atoms with van der Waals surface area (Å²) in [6, 6.07) is 0. The topological polar surface area (TPSA) is 28.7 Å². The molecule has 2 nitrogen and oxygen atoms in total. The third kappa shape index (κ3) is 1.97. The van der Waals surface area contributed by atoms with E-state index in [1.165, 1.54) is 5.57 Å². The SMILES string of the molecule is CC1=CC=CC(Cc2c[nH]c(C)n2)C1(C)C. The van der Waals surface area contributed by atoms with Crippen LogP contribution in [0.25, 0.3) is 0 Å². The van der Waals surface area contributed by atoms with Crippen molar-refractivity contribution in [1.82, 2.24) is 9.97 Å². The summed E-state index contributed by atoms with van der Waals surface area (Å²) in [7, 11) is 0. The Kier molecular flexibility index (Phi) is 2.75. The molecule has 1 aliphatic carbocycles. The molecule has 0 saturated heterocycles. The lowest BCUT2D eigenvalue weighted by molar-refractivity contribution is 0.312. The second-order valence-corrected chi connectivity index (χ2v) is 5.24. The molecule has 1 unspecified atom stereocenters. The molecule has 0 bridgehead atoms. The van der Waals surface area contributed by atoms with E-state index in [1.54, 1.807) is 0 Å². The largest absolute Gasteiger partial charge is 0.349 e. The fraction of sp³-hybridized carbons (Fsp3) is 0.500. The highest BCUT2D eigenvalue weighted by Crippen LogP contribution is 2.39. The van der Waals surface area contributed by atoms with E-state index in [9.17, 15) is 0 Å². The van der Waals surface area contributed by atoms with Gasteiger partial charge in [0.25, 0.3) is 0 Å². The molecule has 1 aliphatic rings. The van der Waals surface area contributed by atoms with Crippen LogP contribution >= 0.6 is 0 Å². The molecular formula is C14H20N2. The molecule has 0 aromatic carbocycles. The van der Waals surface area contributed by atoms with Gasteiger partial charge < -0.3 is 4.98 Å². The van der Waals surface area contributed by atoms with Crippen molar-refractivity contribution < 1.29 is 0 Å². The third-order valence-electron chi connectivity index (χ3n) is 3.82. The molecule has 0 aliphatic heterocycles. The zero-order valence-electron chi connectivity index (χ0n) is 10.5. The van der Waals surface area contributed by atoms with E-state index in [-0.39, 0.29) is 5.41 Å². The van der Waals surface area contributed by atoms with E-state index >= 15 is 0 Å². The number of aromatic amines is 1. The number of aromatic nitrogens is 2. The van der Waals surface area contributed by atoms with Crippen molar-refractivity contribution in [2.45, 2.75) is 34.1 Å². The van der Waals surface area contributed by atoms with Crippen molar-refractivity contribution in [2.75, 3.05) is 0 Å². The summed E-state index contributed by atoms with van der Waals surface area (Å²) in [5, 5.41) is 0. The molecule has 0 fully saturated rings. The van der Waals surface area contributed by atoms with E-state index in [4.69, 9.17) is 0 Å². The van der Waals surface area contributed by atoms with Crippen LogP contribution in [0, 0.1) is 18.3 Å². The van der Waals surface area contributed by atoms with Crippen LogP contribution in [0.5, 0.6) is 0 Å². The Hall–Kier alpha value is -1.31. The number of imidazole rings is 1. The Morgan fingerprint density at radius 2 is 2.12 bits per heavy atom. The second-order valence-electron chi connectivity index (χ2n) is 5.24. The molecule has 0 spiro atoms. The van der Waals surface area contributed by atoms with Crippen molar-refractivity contribution in [3.63, 3.8) is 0 Å². The highest BCUT2D eigenvalue weighted by molar-refractivity contribution is 5.26. The molecular weight excluding hydrogens is 196 g/mol. The number of rotatable bonds is 2. The number of H-pyrrole nitrogens is 1. The first-order valence-electron chi connectivity index (χ1n) is 5.86. The van der Waals surface area contributed by atoms with E-state index in [2.05, 4.69) is 49.0 Å². The molecule has 2 heteroatoms. The van der Waals surface area contributed by atoms with Gasteiger partial charge in [-0.05, 0) is 31.6 Å². The van der Waals surface area contributed by atoms with Gasteiger partial charge in [0, 0.05) is 6.20 Å². The average Bonchev–Trinajstić information content (AvgIpc) is 2.60. The highest BCUT2D eigenvalue weighted by Gasteiger charge is 2.31. The first-order chi connectivity index (χ1) is 7.50. The first kappa shape index (κ1) is 11.2. The summed E-state index contributed by atoms with van der Waals surface area (Å²) in [4.78, 5) is 7.63. The normalized spacial score (nSPS) is 23.2. The maximum absolute atomic E-state index is 4.49. The molecule has 1 N–H and O–H groups in total. The lowest BCUT2D eigenvalue weighted by atomic mass is 9.69. The van der Waals surface area contributed by atoms with Crippen LogP contribution in [0.2, 0.25) is 0 Å². The number of aryl methyl sites for hydroxylation is 1. The van der Waals surface area contributed by atoms with Gasteiger partial charge in [-0.25, -0.2) is 4.98 Å². The summed E-state index contributed by atoms with van der Waals surface area (Å²) in [6.07, 6.45) is 9.72. The Morgan fingerprint density at radius 1 is 1.38 bits per heavy atom. The van der Waals surface area contributed by atoms with Crippen LogP contribution < -0.4 is 0 Å². The monoisotopic (exact) mass is 216 g/mol. The molecule has 1 atom stereocenters. The molecule has 0 saturated carbocycles. The zero-order valence-corrected chi connectivity index (χ0v) is 10.5. The quantitative estimate of drug-likeness (QED) is 0.806. The van der Waals surface area contributed by atoms with Gasteiger partial charge in [-0.15, -0.1) is 0 Å². The minimum Gasteiger partial charge on any atom is -0.349 e. The molecule has 1 aromatic rings. The number of hydrogen-bond donors (Lipinski definition) is 1. The molecule has 86 valence electrons. The van der Waals surface area contributed by atoms with Crippen LogP contribution in [0.3, 0.4) is 0 Å². The third-order valence-corrected chi connectivity index (χ3v) is 3.82. The number of hydrogen-bond acceptors (Lipinski definition) is 1. The van der Waals surface area contributed by atoms with Gasteiger partial charge in [0.05, 0.1) is 5.69 Å². The van der Waals surface area contributed by atoms with Gasteiger partial charge in [-0.1, -0.05) is 37.6 Å². The number of allylic oxidation sites excluding steroid dienone is 4. The predicted molar refractivity (Wildman–Crippen MR) is 67.2 cm³/mol. The minimum atomic E-state index is 0.238. The fourth-order valence-electron chi connectivity index (χ4n) is 2.20. The van der Waals surface area contributed by atoms with E-state index < -0.39 is 0 Å². The van der Waals surface area contributed by atoms with Gasteiger partial charge in [0.1, 0.15) is 5.82 Å². The molecule has 2 rings (SSSR count). The summed E-state index contributed by atoms with van der Waals surface area (Å²) in [6.45, 7) is 8.84. The number of nitrogens with zero attached hydrogens (tertiary/aromatic N) is 1. The van der Waals surface area contributed by atoms with Crippen molar-refractivity contribution in [3.05, 3.63) is 41.5 Å². The van der Waals surface area contributed by atoms with Crippen molar-refractivity contribution in [1.29, 1.82) is 0 Å². The van der Waals surface area contributed by atoms with Crippen molar-refractivity contribution in [2.24, 2.45) is 11.3 Å². The summed E-state index contributed by atoms with van der Waals surface area (Å²) < 4.78 is 0. The molecule has 1 aromatic heterocycles. The molecule has 16 heavy (non-hydrogen) atoms. The molecule has 0 amide bonds. The fourth-order valence-corrected chi connectivity index (χ4v) is 2.20. The molecule has 0 radical (unpaired) electrons. The average molecular weight is 216 g/mol. The van der Waals surface area contributed by atoms with Gasteiger partial charge in [0.2, 0.25) is 0 Å². The van der Waals surface area contributed by atoms with Gasteiger partial charge in [0.15, 0.2) is 0 Å². The van der Waals surface area contributed by atoms with Gasteiger partial charge >= 0.3 is 0 Å². The Bertz CT molecular complexity index is 435. The van der Waals surface area contributed by atoms with Crippen LogP contribution in [0.4, 0.5) is 0 Å². The van der Waals surface area contributed by atoms with Gasteiger partial charge in [-0.3, -0.25) is 0 Å². The molecule has 1 heterocycles. The van der Waals surface area contributed by atoms with E-state index in [0.29, 0.717) is 5.92 Å². The summed E-state index contributed by atoms with van der Waals surface area (Å²) in [5.74, 6) is 1.54. The minimum absolute atomic E-state index is 0.238. The highest BCUT2D eigenvalue weighted by atomic mass is 14.9.